The van der Waals surface area contributed by atoms with Crippen molar-refractivity contribution in [1.29, 1.82) is 0 Å². The highest BCUT2D eigenvalue weighted by atomic mass is 32.1. The summed E-state index contributed by atoms with van der Waals surface area (Å²) >= 11 is 3.34. The molecule has 5 heteroatoms. The monoisotopic (exact) mass is 342 g/mol. The fourth-order valence-corrected chi connectivity index (χ4v) is 4.71. The molecule has 23 heavy (non-hydrogen) atoms. The van der Waals surface area contributed by atoms with Crippen molar-refractivity contribution in [2.75, 3.05) is 26.2 Å². The van der Waals surface area contributed by atoms with Crippen LogP contribution in [0.2, 0.25) is 0 Å². The summed E-state index contributed by atoms with van der Waals surface area (Å²) in [5.74, 6) is 0.181. The lowest BCUT2D eigenvalue weighted by Gasteiger charge is -2.34. The second-order valence-electron chi connectivity index (χ2n) is 5.80. The topological polar surface area (TPSA) is 23.6 Å². The van der Waals surface area contributed by atoms with Gasteiger partial charge in [-0.3, -0.25) is 9.69 Å². The van der Waals surface area contributed by atoms with E-state index in [0.717, 1.165) is 37.6 Å². The zero-order valence-corrected chi connectivity index (χ0v) is 14.4. The van der Waals surface area contributed by atoms with E-state index in [-0.39, 0.29) is 5.91 Å². The van der Waals surface area contributed by atoms with Gasteiger partial charge in [0.15, 0.2) is 0 Å². The maximum atomic E-state index is 12.4. The molecule has 0 atom stereocenters. The minimum Gasteiger partial charge on any atom is -0.335 e. The molecule has 3 heterocycles. The van der Waals surface area contributed by atoms with Crippen molar-refractivity contribution in [2.24, 2.45) is 0 Å². The first-order valence-electron chi connectivity index (χ1n) is 7.81. The number of piperazine rings is 1. The van der Waals surface area contributed by atoms with Crippen LogP contribution < -0.4 is 0 Å². The molecule has 0 unspecified atom stereocenters. The van der Waals surface area contributed by atoms with Crippen LogP contribution in [0.15, 0.2) is 47.2 Å². The number of carbonyl (C=O) groups excluding carboxylic acids is 1. The number of carbonyl (C=O) groups is 1. The Morgan fingerprint density at radius 3 is 2.61 bits per heavy atom. The molecule has 1 aliphatic rings. The smallest absolute Gasteiger partial charge is 0.264 e. The van der Waals surface area contributed by atoms with Gasteiger partial charge in [-0.25, -0.2) is 0 Å². The van der Waals surface area contributed by atoms with Gasteiger partial charge in [-0.15, -0.1) is 22.7 Å². The number of amides is 1. The van der Waals surface area contributed by atoms with Crippen LogP contribution in [0.1, 0.15) is 15.2 Å². The normalized spacial score (nSPS) is 16.1. The first-order valence-corrected chi connectivity index (χ1v) is 9.57. The molecule has 0 bridgehead atoms. The van der Waals surface area contributed by atoms with Crippen molar-refractivity contribution in [2.45, 2.75) is 6.54 Å². The number of benzene rings is 1. The van der Waals surface area contributed by atoms with Crippen molar-refractivity contribution >= 4 is 38.7 Å². The van der Waals surface area contributed by atoms with E-state index in [1.54, 1.807) is 0 Å². The molecule has 1 aromatic carbocycles. The van der Waals surface area contributed by atoms with E-state index in [0.29, 0.717) is 0 Å². The Kier molecular flexibility index (Phi) is 4.16. The van der Waals surface area contributed by atoms with E-state index in [1.807, 2.05) is 33.7 Å². The Morgan fingerprint density at radius 2 is 1.83 bits per heavy atom. The molecule has 1 fully saturated rings. The lowest BCUT2D eigenvalue weighted by molar-refractivity contribution is 0.0634. The zero-order chi connectivity index (χ0) is 15.6. The standard InChI is InChI=1S/C18H18N2OS2/c21-18(17-6-3-11-22-17)20-9-7-19(8-10-20)12-14-13-23-16-5-2-1-4-15(14)16/h1-6,11,13H,7-10,12H2. The Bertz CT molecular complexity index is 801. The van der Waals surface area contributed by atoms with Gasteiger partial charge in [0.05, 0.1) is 4.88 Å². The van der Waals surface area contributed by atoms with E-state index in [4.69, 9.17) is 0 Å². The van der Waals surface area contributed by atoms with Crippen LogP contribution in [0.4, 0.5) is 0 Å². The molecule has 0 aliphatic carbocycles. The summed E-state index contributed by atoms with van der Waals surface area (Å²) in [5.41, 5.74) is 1.41. The fraction of sp³-hybridized carbons (Fsp3) is 0.278. The molecule has 1 aliphatic heterocycles. The molecule has 1 amide bonds. The summed E-state index contributed by atoms with van der Waals surface area (Å²) in [6, 6.07) is 12.4. The van der Waals surface area contributed by atoms with Gasteiger partial charge in [0.2, 0.25) is 0 Å². The van der Waals surface area contributed by atoms with Crippen molar-refractivity contribution in [3.63, 3.8) is 0 Å². The Balaban J connectivity index is 1.39. The largest absolute Gasteiger partial charge is 0.335 e. The molecule has 3 nitrogen and oxygen atoms in total. The highest BCUT2D eigenvalue weighted by Crippen LogP contribution is 2.27. The van der Waals surface area contributed by atoms with E-state index < -0.39 is 0 Å². The van der Waals surface area contributed by atoms with Crippen LogP contribution in [-0.2, 0) is 6.54 Å². The predicted octanol–water partition coefficient (Wildman–Crippen LogP) is 3.92. The minimum atomic E-state index is 0.181. The predicted molar refractivity (Wildman–Crippen MR) is 97.3 cm³/mol. The average Bonchev–Trinajstić information content (AvgIpc) is 3.25. The molecule has 0 saturated carbocycles. The van der Waals surface area contributed by atoms with Crippen LogP contribution in [0, 0.1) is 0 Å². The van der Waals surface area contributed by atoms with Crippen molar-refractivity contribution in [3.8, 4) is 0 Å². The first kappa shape index (κ1) is 14.9. The lowest BCUT2D eigenvalue weighted by atomic mass is 10.1. The maximum absolute atomic E-state index is 12.4. The molecule has 2 aromatic heterocycles. The molecular weight excluding hydrogens is 324 g/mol. The molecule has 0 N–H and O–H groups in total. The summed E-state index contributed by atoms with van der Waals surface area (Å²) in [6.45, 7) is 4.51. The van der Waals surface area contributed by atoms with Crippen molar-refractivity contribution in [1.82, 2.24) is 9.80 Å². The molecule has 1 saturated heterocycles. The van der Waals surface area contributed by atoms with Crippen LogP contribution >= 0.6 is 22.7 Å². The molecule has 4 rings (SSSR count). The van der Waals surface area contributed by atoms with Gasteiger partial charge in [0, 0.05) is 37.4 Å². The van der Waals surface area contributed by atoms with Crippen molar-refractivity contribution in [3.05, 3.63) is 57.6 Å². The molecular formula is C18H18N2OS2. The van der Waals surface area contributed by atoms with E-state index in [2.05, 4.69) is 34.5 Å². The van der Waals surface area contributed by atoms with Gasteiger partial charge in [-0.1, -0.05) is 24.3 Å². The van der Waals surface area contributed by atoms with Crippen LogP contribution in [0.25, 0.3) is 10.1 Å². The van der Waals surface area contributed by atoms with Gasteiger partial charge in [-0.05, 0) is 33.8 Å². The number of rotatable bonds is 3. The van der Waals surface area contributed by atoms with E-state index in [1.165, 1.54) is 27.0 Å². The molecule has 3 aromatic rings. The quantitative estimate of drug-likeness (QED) is 0.720. The van der Waals surface area contributed by atoms with Gasteiger partial charge in [0.25, 0.3) is 5.91 Å². The average molecular weight is 342 g/mol. The summed E-state index contributed by atoms with van der Waals surface area (Å²) in [4.78, 5) is 17.7. The maximum Gasteiger partial charge on any atom is 0.264 e. The number of hydrogen-bond donors (Lipinski definition) is 0. The van der Waals surface area contributed by atoms with Gasteiger partial charge < -0.3 is 4.90 Å². The van der Waals surface area contributed by atoms with Crippen molar-refractivity contribution < 1.29 is 4.79 Å². The summed E-state index contributed by atoms with van der Waals surface area (Å²) < 4.78 is 1.36. The Labute approximate surface area is 143 Å². The highest BCUT2D eigenvalue weighted by Gasteiger charge is 2.23. The summed E-state index contributed by atoms with van der Waals surface area (Å²) in [5, 5.41) is 5.61. The fourth-order valence-electron chi connectivity index (χ4n) is 3.06. The third kappa shape index (κ3) is 3.04. The number of nitrogens with zero attached hydrogens (tertiary/aromatic N) is 2. The SMILES string of the molecule is O=C(c1cccs1)N1CCN(Cc2csc3ccccc23)CC1. The number of fused-ring (bicyclic) bond motifs is 1. The van der Waals surface area contributed by atoms with Gasteiger partial charge in [-0.2, -0.15) is 0 Å². The number of thiophene rings is 2. The Morgan fingerprint density at radius 1 is 1.00 bits per heavy atom. The van der Waals surface area contributed by atoms with Crippen LogP contribution in [0.3, 0.4) is 0 Å². The summed E-state index contributed by atoms with van der Waals surface area (Å²) in [6.07, 6.45) is 0. The molecule has 0 spiro atoms. The minimum absolute atomic E-state index is 0.181. The molecule has 0 radical (unpaired) electrons. The number of hydrogen-bond acceptors (Lipinski definition) is 4. The third-order valence-electron chi connectivity index (χ3n) is 4.35. The highest BCUT2D eigenvalue weighted by molar-refractivity contribution is 7.17. The summed E-state index contributed by atoms with van der Waals surface area (Å²) in [7, 11) is 0. The lowest BCUT2D eigenvalue weighted by Crippen LogP contribution is -2.48. The second-order valence-corrected chi connectivity index (χ2v) is 7.66. The van der Waals surface area contributed by atoms with Crippen LogP contribution in [0.5, 0.6) is 0 Å². The van der Waals surface area contributed by atoms with Gasteiger partial charge >= 0.3 is 0 Å². The third-order valence-corrected chi connectivity index (χ3v) is 6.22. The first-order chi connectivity index (χ1) is 11.3. The Hall–Kier alpha value is -1.69. The van der Waals surface area contributed by atoms with Crippen LogP contribution in [-0.4, -0.2) is 41.9 Å². The molecule has 118 valence electrons. The van der Waals surface area contributed by atoms with E-state index >= 15 is 0 Å². The van der Waals surface area contributed by atoms with Gasteiger partial charge in [0.1, 0.15) is 0 Å². The zero-order valence-electron chi connectivity index (χ0n) is 12.8. The second kappa shape index (κ2) is 6.43. The van der Waals surface area contributed by atoms with E-state index in [9.17, 15) is 4.79 Å².